The Kier molecular flexibility index (Phi) is 6.32. The molecule has 176 valence electrons. The molecule has 8 heteroatoms. The van der Waals surface area contributed by atoms with Crippen LogP contribution in [0.15, 0.2) is 66.7 Å². The highest BCUT2D eigenvalue weighted by Crippen LogP contribution is 2.40. The molecule has 0 radical (unpaired) electrons. The first-order chi connectivity index (χ1) is 16.2. The summed E-state index contributed by atoms with van der Waals surface area (Å²) < 4.78 is 46.3. The highest BCUT2D eigenvalue weighted by Gasteiger charge is 2.45. The molecule has 2 unspecified atom stereocenters. The van der Waals surface area contributed by atoms with Crippen molar-refractivity contribution in [2.24, 2.45) is 0 Å². The van der Waals surface area contributed by atoms with Gasteiger partial charge in [-0.05, 0) is 47.9 Å². The maximum atomic E-state index is 14.1. The zero-order valence-electron chi connectivity index (χ0n) is 18.3. The molecular weight excluding hydrogens is 447 g/mol. The van der Waals surface area contributed by atoms with E-state index in [-0.39, 0.29) is 18.5 Å². The van der Waals surface area contributed by atoms with Crippen LogP contribution in [-0.2, 0) is 15.1 Å². The van der Waals surface area contributed by atoms with Crippen LogP contribution in [0.1, 0.15) is 36.9 Å². The second-order valence-corrected chi connectivity index (χ2v) is 8.31. The normalized spacial score (nSPS) is 18.9. The lowest BCUT2D eigenvalue weighted by molar-refractivity contribution is -0.146. The molecule has 4 rings (SSSR count). The number of carboxylic acid groups (broad SMARTS) is 1. The fourth-order valence-electron chi connectivity index (χ4n) is 4.29. The predicted molar refractivity (Wildman–Crippen MR) is 118 cm³/mol. The molecule has 0 aromatic heterocycles. The number of rotatable bonds is 6. The minimum Gasteiger partial charge on any atom is -0.481 e. The third-order valence-corrected chi connectivity index (χ3v) is 6.18. The summed E-state index contributed by atoms with van der Waals surface area (Å²) in [5.41, 5.74) is 0.608. The van der Waals surface area contributed by atoms with Crippen LogP contribution < -0.4 is 0 Å². The maximum Gasteiger partial charge on any atom is 0.411 e. The van der Waals surface area contributed by atoms with Crippen LogP contribution in [0.3, 0.4) is 0 Å². The van der Waals surface area contributed by atoms with Gasteiger partial charge < -0.3 is 14.7 Å². The van der Waals surface area contributed by atoms with Gasteiger partial charge in [0.2, 0.25) is 0 Å². The Morgan fingerprint density at radius 2 is 1.68 bits per heavy atom. The lowest BCUT2D eigenvalue weighted by Crippen LogP contribution is -2.49. The number of cyclic esters (lactones) is 1. The smallest absolute Gasteiger partial charge is 0.411 e. The summed E-state index contributed by atoms with van der Waals surface area (Å²) in [4.78, 5) is 26.0. The highest BCUT2D eigenvalue weighted by atomic mass is 19.1. The number of hydrogen-bond donors (Lipinski definition) is 1. The van der Waals surface area contributed by atoms with Crippen LogP contribution in [0.4, 0.5) is 18.0 Å². The predicted octanol–water partition coefficient (Wildman–Crippen LogP) is 6.04. The molecule has 0 saturated carbocycles. The van der Waals surface area contributed by atoms with E-state index in [1.54, 1.807) is 31.2 Å². The van der Waals surface area contributed by atoms with E-state index in [0.29, 0.717) is 11.1 Å². The van der Waals surface area contributed by atoms with Crippen molar-refractivity contribution in [1.29, 1.82) is 0 Å². The van der Waals surface area contributed by atoms with Crippen LogP contribution >= 0.6 is 0 Å². The van der Waals surface area contributed by atoms with Gasteiger partial charge >= 0.3 is 12.1 Å². The van der Waals surface area contributed by atoms with Gasteiger partial charge in [-0.2, -0.15) is 0 Å². The molecule has 3 aromatic carbocycles. The number of carboxylic acids is 1. The number of nitrogens with zero attached hydrogens (tertiary/aromatic N) is 1. The van der Waals surface area contributed by atoms with Crippen molar-refractivity contribution in [2.75, 3.05) is 6.54 Å². The van der Waals surface area contributed by atoms with Crippen molar-refractivity contribution in [3.05, 3.63) is 95.3 Å². The first kappa shape index (κ1) is 23.4. The Bertz CT molecular complexity index is 1210. The number of benzene rings is 3. The summed E-state index contributed by atoms with van der Waals surface area (Å²) in [6.07, 6.45) is -0.914. The third-order valence-electron chi connectivity index (χ3n) is 6.18. The number of ether oxygens (including phenoxy) is 1. The van der Waals surface area contributed by atoms with Gasteiger partial charge in [0.05, 0.1) is 12.5 Å². The van der Waals surface area contributed by atoms with Crippen LogP contribution in [-0.4, -0.2) is 28.6 Å². The SMILES string of the molecule is CC(c1ccc(-c2ccc(F)cc2F)cc1)N1CCC(CC(=O)O)(c2ccc(F)cc2)OC1=O. The molecule has 3 aromatic rings. The number of halogens is 3. The van der Waals surface area contributed by atoms with E-state index in [0.717, 1.165) is 11.6 Å². The summed E-state index contributed by atoms with van der Waals surface area (Å²) in [7, 11) is 0. The van der Waals surface area contributed by atoms with E-state index in [2.05, 4.69) is 0 Å². The van der Waals surface area contributed by atoms with Crippen molar-refractivity contribution in [1.82, 2.24) is 4.90 Å². The summed E-state index contributed by atoms with van der Waals surface area (Å²) in [5.74, 6) is -2.94. The van der Waals surface area contributed by atoms with E-state index < -0.39 is 47.6 Å². The zero-order chi connectivity index (χ0) is 24.5. The van der Waals surface area contributed by atoms with E-state index >= 15 is 0 Å². The molecule has 2 atom stereocenters. The molecule has 0 spiro atoms. The van der Waals surface area contributed by atoms with E-state index in [1.807, 2.05) is 0 Å². The first-order valence-electron chi connectivity index (χ1n) is 10.7. The number of carbonyl (C=O) groups is 2. The Labute approximate surface area is 194 Å². The third kappa shape index (κ3) is 4.62. The molecule has 1 fully saturated rings. The van der Waals surface area contributed by atoms with E-state index in [9.17, 15) is 27.9 Å². The van der Waals surface area contributed by atoms with Crippen LogP contribution in [0.5, 0.6) is 0 Å². The second kappa shape index (κ2) is 9.21. The minimum absolute atomic E-state index is 0.208. The second-order valence-electron chi connectivity index (χ2n) is 8.31. The van der Waals surface area contributed by atoms with Gasteiger partial charge in [-0.15, -0.1) is 0 Å². The monoisotopic (exact) mass is 469 g/mol. The largest absolute Gasteiger partial charge is 0.481 e. The van der Waals surface area contributed by atoms with Gasteiger partial charge in [0.15, 0.2) is 5.60 Å². The fourth-order valence-corrected chi connectivity index (χ4v) is 4.29. The number of carbonyl (C=O) groups excluding carboxylic acids is 1. The number of amides is 1. The lowest BCUT2D eigenvalue weighted by atomic mass is 9.85. The molecule has 1 amide bonds. The average molecular weight is 469 g/mol. The summed E-state index contributed by atoms with van der Waals surface area (Å²) >= 11 is 0. The molecule has 1 saturated heterocycles. The van der Waals surface area contributed by atoms with E-state index in [1.165, 1.54) is 41.3 Å². The standard InChI is InChI=1S/C26H22F3NO4/c1-16(17-2-4-18(5-3-17)22-11-10-21(28)14-23(22)29)30-13-12-26(15-24(31)32,34-25(30)33)19-6-8-20(27)9-7-19/h2-11,14,16H,12-13,15H2,1H3,(H,31,32). The topological polar surface area (TPSA) is 66.8 Å². The Morgan fingerprint density at radius 3 is 2.26 bits per heavy atom. The molecule has 1 aliphatic heterocycles. The van der Waals surface area contributed by atoms with Crippen molar-refractivity contribution in [2.45, 2.75) is 31.4 Å². The molecule has 0 bridgehead atoms. The van der Waals surface area contributed by atoms with Crippen LogP contribution in [0.25, 0.3) is 11.1 Å². The lowest BCUT2D eigenvalue weighted by Gasteiger charge is -2.42. The average Bonchev–Trinajstić information content (AvgIpc) is 2.79. The molecule has 1 N–H and O–H groups in total. The molecule has 5 nitrogen and oxygen atoms in total. The fraction of sp³-hybridized carbons (Fsp3) is 0.231. The molecular formula is C26H22F3NO4. The Hall–Kier alpha value is -3.81. The minimum atomic E-state index is -1.39. The van der Waals surface area contributed by atoms with Gasteiger partial charge in [0, 0.05) is 24.6 Å². The van der Waals surface area contributed by atoms with Gasteiger partial charge in [0.25, 0.3) is 0 Å². The van der Waals surface area contributed by atoms with E-state index in [4.69, 9.17) is 4.74 Å². The summed E-state index contributed by atoms with van der Waals surface area (Å²) in [6.45, 7) is 2.02. The quantitative estimate of drug-likeness (QED) is 0.478. The molecule has 1 heterocycles. The van der Waals surface area contributed by atoms with Crippen molar-refractivity contribution < 1.29 is 32.6 Å². The Morgan fingerprint density at radius 1 is 1.03 bits per heavy atom. The highest BCUT2D eigenvalue weighted by molar-refractivity contribution is 5.73. The van der Waals surface area contributed by atoms with Crippen molar-refractivity contribution >= 4 is 12.1 Å². The van der Waals surface area contributed by atoms with Gasteiger partial charge in [0.1, 0.15) is 17.5 Å². The number of hydrogen-bond acceptors (Lipinski definition) is 3. The Balaban J connectivity index is 1.54. The first-order valence-corrected chi connectivity index (χ1v) is 10.7. The van der Waals surface area contributed by atoms with Crippen LogP contribution in [0.2, 0.25) is 0 Å². The summed E-state index contributed by atoms with van der Waals surface area (Å²) in [6, 6.07) is 15.1. The van der Waals surface area contributed by atoms with Gasteiger partial charge in [-0.25, -0.2) is 18.0 Å². The van der Waals surface area contributed by atoms with Gasteiger partial charge in [-0.3, -0.25) is 4.79 Å². The van der Waals surface area contributed by atoms with Crippen LogP contribution in [0, 0.1) is 17.5 Å². The van der Waals surface area contributed by atoms with Crippen molar-refractivity contribution in [3.63, 3.8) is 0 Å². The molecule has 0 aliphatic carbocycles. The molecule has 1 aliphatic rings. The number of aliphatic carboxylic acids is 1. The zero-order valence-corrected chi connectivity index (χ0v) is 18.3. The maximum absolute atomic E-state index is 14.1. The van der Waals surface area contributed by atoms with Gasteiger partial charge in [-0.1, -0.05) is 36.4 Å². The molecule has 34 heavy (non-hydrogen) atoms. The summed E-state index contributed by atoms with van der Waals surface area (Å²) in [5, 5.41) is 9.41. The van der Waals surface area contributed by atoms with Crippen molar-refractivity contribution in [3.8, 4) is 11.1 Å².